The second-order valence-electron chi connectivity index (χ2n) is 6.22. The van der Waals surface area contributed by atoms with Gasteiger partial charge in [-0.1, -0.05) is 23.7 Å². The van der Waals surface area contributed by atoms with Gasteiger partial charge in [-0.3, -0.25) is 0 Å². The van der Waals surface area contributed by atoms with Crippen molar-refractivity contribution in [2.45, 2.75) is 38.6 Å². The summed E-state index contributed by atoms with van der Waals surface area (Å²) in [5.74, 6) is 0.407. The summed E-state index contributed by atoms with van der Waals surface area (Å²) < 4.78 is 5.17. The highest BCUT2D eigenvalue weighted by Gasteiger charge is 2.17. The molecule has 0 aliphatic heterocycles. The van der Waals surface area contributed by atoms with E-state index in [1.165, 1.54) is 11.1 Å². The molecular weight excluding hydrogens is 270 g/mol. The average molecular weight is 292 g/mol. The molecule has 1 unspecified atom stereocenters. The normalized spacial score (nSPS) is 13.4. The van der Waals surface area contributed by atoms with Crippen molar-refractivity contribution in [1.29, 1.82) is 0 Å². The van der Waals surface area contributed by atoms with E-state index >= 15 is 0 Å². The lowest BCUT2D eigenvalue weighted by atomic mass is 9.92. The Bertz CT molecular complexity index is 511. The van der Waals surface area contributed by atoms with Crippen LogP contribution in [-0.2, 0) is 6.42 Å². The van der Waals surface area contributed by atoms with Crippen LogP contribution in [0.2, 0.25) is 5.02 Å². The van der Waals surface area contributed by atoms with E-state index in [2.05, 4.69) is 38.2 Å². The highest BCUT2D eigenvalue weighted by Crippen LogP contribution is 2.23. The van der Waals surface area contributed by atoms with Gasteiger partial charge in [0.1, 0.15) is 0 Å². The van der Waals surface area contributed by atoms with Gasteiger partial charge in [-0.15, -0.1) is 0 Å². The average Bonchev–Trinajstić information content (AvgIpc) is 2.87. The quantitative estimate of drug-likeness (QED) is 0.867. The molecule has 1 aromatic heterocycles. The van der Waals surface area contributed by atoms with Crippen LogP contribution < -0.4 is 5.32 Å². The molecule has 2 rings (SSSR count). The Kier molecular flexibility index (Phi) is 4.90. The standard InChI is InChI=1S/C17H22ClNO/c1-17(2,3)19-11-15(10-13-8-9-20-12-13)14-4-6-16(18)7-5-14/h4-9,12,15,19H,10-11H2,1-3H3. The van der Waals surface area contributed by atoms with E-state index in [4.69, 9.17) is 16.0 Å². The molecule has 20 heavy (non-hydrogen) atoms. The van der Waals surface area contributed by atoms with Crippen LogP contribution in [0.1, 0.15) is 37.8 Å². The Labute approximate surface area is 126 Å². The van der Waals surface area contributed by atoms with E-state index in [-0.39, 0.29) is 5.54 Å². The van der Waals surface area contributed by atoms with Crippen molar-refractivity contribution in [2.75, 3.05) is 6.54 Å². The summed E-state index contributed by atoms with van der Waals surface area (Å²) in [6, 6.07) is 10.2. The minimum atomic E-state index is 0.112. The van der Waals surface area contributed by atoms with Crippen molar-refractivity contribution in [1.82, 2.24) is 5.32 Å². The molecule has 0 saturated heterocycles. The van der Waals surface area contributed by atoms with Crippen LogP contribution in [0.4, 0.5) is 0 Å². The SMILES string of the molecule is CC(C)(C)NCC(Cc1ccoc1)c1ccc(Cl)cc1. The zero-order valence-electron chi connectivity index (χ0n) is 12.3. The molecule has 0 bridgehead atoms. The Morgan fingerprint density at radius 1 is 1.15 bits per heavy atom. The van der Waals surface area contributed by atoms with Gasteiger partial charge in [-0.25, -0.2) is 0 Å². The largest absolute Gasteiger partial charge is 0.472 e. The van der Waals surface area contributed by atoms with Crippen LogP contribution in [0.25, 0.3) is 0 Å². The van der Waals surface area contributed by atoms with Crippen LogP contribution in [0.15, 0.2) is 47.3 Å². The van der Waals surface area contributed by atoms with Crippen LogP contribution in [0.3, 0.4) is 0 Å². The first kappa shape index (κ1) is 15.1. The molecule has 0 saturated carbocycles. The molecule has 3 heteroatoms. The maximum Gasteiger partial charge on any atom is 0.0934 e. The van der Waals surface area contributed by atoms with Crippen molar-refractivity contribution >= 4 is 11.6 Å². The van der Waals surface area contributed by atoms with E-state index in [0.29, 0.717) is 5.92 Å². The molecule has 1 aromatic carbocycles. The first-order valence-electron chi connectivity index (χ1n) is 6.95. The van der Waals surface area contributed by atoms with Crippen molar-refractivity contribution in [2.24, 2.45) is 0 Å². The molecule has 0 radical (unpaired) electrons. The topological polar surface area (TPSA) is 25.2 Å². The third-order valence-electron chi connectivity index (χ3n) is 3.28. The number of halogens is 1. The van der Waals surface area contributed by atoms with Crippen molar-refractivity contribution in [3.05, 3.63) is 59.0 Å². The molecule has 0 spiro atoms. The maximum atomic E-state index is 5.98. The molecule has 1 N–H and O–H groups in total. The van der Waals surface area contributed by atoms with E-state index in [1.807, 2.05) is 24.5 Å². The van der Waals surface area contributed by atoms with Gasteiger partial charge >= 0.3 is 0 Å². The minimum absolute atomic E-state index is 0.112. The fourth-order valence-corrected chi connectivity index (χ4v) is 2.29. The number of hydrogen-bond donors (Lipinski definition) is 1. The lowest BCUT2D eigenvalue weighted by molar-refractivity contribution is 0.404. The van der Waals surface area contributed by atoms with Crippen LogP contribution in [0, 0.1) is 0 Å². The first-order chi connectivity index (χ1) is 9.44. The molecule has 2 aromatic rings. The second kappa shape index (κ2) is 6.47. The van der Waals surface area contributed by atoms with Gasteiger partial charge in [0.05, 0.1) is 12.5 Å². The van der Waals surface area contributed by atoms with Crippen LogP contribution in [-0.4, -0.2) is 12.1 Å². The third-order valence-corrected chi connectivity index (χ3v) is 3.53. The summed E-state index contributed by atoms with van der Waals surface area (Å²) >= 11 is 5.98. The lowest BCUT2D eigenvalue weighted by Gasteiger charge is -2.25. The van der Waals surface area contributed by atoms with E-state index in [0.717, 1.165) is 18.0 Å². The first-order valence-corrected chi connectivity index (χ1v) is 7.33. The van der Waals surface area contributed by atoms with Crippen LogP contribution in [0.5, 0.6) is 0 Å². The molecule has 1 heterocycles. The summed E-state index contributed by atoms with van der Waals surface area (Å²) in [7, 11) is 0. The zero-order valence-corrected chi connectivity index (χ0v) is 13.1. The molecule has 0 fully saturated rings. The fraction of sp³-hybridized carbons (Fsp3) is 0.412. The summed E-state index contributed by atoms with van der Waals surface area (Å²) in [5.41, 5.74) is 2.63. The molecule has 1 atom stereocenters. The van der Waals surface area contributed by atoms with Crippen molar-refractivity contribution < 1.29 is 4.42 Å². The third kappa shape index (κ3) is 4.69. The van der Waals surface area contributed by atoms with Crippen LogP contribution >= 0.6 is 11.6 Å². The molecule has 108 valence electrons. The molecular formula is C17H22ClNO. The summed E-state index contributed by atoms with van der Waals surface area (Å²) in [6.45, 7) is 7.48. The lowest BCUT2D eigenvalue weighted by Crippen LogP contribution is -2.39. The Balaban J connectivity index is 2.12. The number of rotatable bonds is 5. The zero-order chi connectivity index (χ0) is 14.6. The van der Waals surface area contributed by atoms with Gasteiger partial charge in [0, 0.05) is 23.0 Å². The predicted octanol–water partition coefficient (Wildman–Crippen LogP) is 4.65. The monoisotopic (exact) mass is 291 g/mol. The highest BCUT2D eigenvalue weighted by molar-refractivity contribution is 6.30. The maximum absolute atomic E-state index is 5.98. The minimum Gasteiger partial charge on any atom is -0.472 e. The number of hydrogen-bond acceptors (Lipinski definition) is 2. The second-order valence-corrected chi connectivity index (χ2v) is 6.65. The predicted molar refractivity (Wildman–Crippen MR) is 84.4 cm³/mol. The smallest absolute Gasteiger partial charge is 0.0934 e. The van der Waals surface area contributed by atoms with Gasteiger partial charge in [0.25, 0.3) is 0 Å². The van der Waals surface area contributed by atoms with Gasteiger partial charge < -0.3 is 9.73 Å². The van der Waals surface area contributed by atoms with Gasteiger partial charge in [-0.2, -0.15) is 0 Å². The van der Waals surface area contributed by atoms with E-state index in [9.17, 15) is 0 Å². The number of benzene rings is 1. The molecule has 0 aliphatic carbocycles. The summed E-state index contributed by atoms with van der Waals surface area (Å²) in [4.78, 5) is 0. The van der Waals surface area contributed by atoms with E-state index < -0.39 is 0 Å². The summed E-state index contributed by atoms with van der Waals surface area (Å²) in [6.07, 6.45) is 4.51. The Morgan fingerprint density at radius 3 is 2.40 bits per heavy atom. The van der Waals surface area contributed by atoms with E-state index in [1.54, 1.807) is 6.26 Å². The van der Waals surface area contributed by atoms with Gasteiger partial charge in [-0.05, 0) is 56.5 Å². The number of furan rings is 1. The highest BCUT2D eigenvalue weighted by atomic mass is 35.5. The fourth-order valence-electron chi connectivity index (χ4n) is 2.17. The van der Waals surface area contributed by atoms with Crippen molar-refractivity contribution in [3.63, 3.8) is 0 Å². The van der Waals surface area contributed by atoms with Gasteiger partial charge in [0.2, 0.25) is 0 Å². The molecule has 0 aliphatic rings. The Morgan fingerprint density at radius 2 is 1.85 bits per heavy atom. The Hall–Kier alpha value is -1.25. The molecule has 2 nitrogen and oxygen atoms in total. The van der Waals surface area contributed by atoms with Crippen molar-refractivity contribution in [3.8, 4) is 0 Å². The summed E-state index contributed by atoms with van der Waals surface area (Å²) in [5, 5.41) is 4.36. The molecule has 0 amide bonds. The number of nitrogens with one attached hydrogen (secondary N) is 1. The van der Waals surface area contributed by atoms with Gasteiger partial charge in [0.15, 0.2) is 0 Å².